The fraction of sp³-hybridized carbons (Fsp3) is 0.917. The highest BCUT2D eigenvalue weighted by molar-refractivity contribution is 5.74. The molecule has 0 aromatic rings. The van der Waals surface area contributed by atoms with Gasteiger partial charge in [0.15, 0.2) is 0 Å². The van der Waals surface area contributed by atoms with E-state index in [9.17, 15) is 9.90 Å². The summed E-state index contributed by atoms with van der Waals surface area (Å²) in [5, 5.41) is 10.5. The van der Waals surface area contributed by atoms with Crippen LogP contribution in [0.5, 0.6) is 0 Å². The average molecular weight is 214 g/mol. The van der Waals surface area contributed by atoms with E-state index in [4.69, 9.17) is 4.74 Å². The smallest absolute Gasteiger partial charge is 0.311 e. The molecule has 1 aliphatic rings. The summed E-state index contributed by atoms with van der Waals surface area (Å²) >= 11 is 0. The van der Waals surface area contributed by atoms with Gasteiger partial charge < -0.3 is 9.84 Å². The second kappa shape index (κ2) is 4.97. The van der Waals surface area contributed by atoms with Crippen molar-refractivity contribution < 1.29 is 14.6 Å². The number of ether oxygens (including phenoxy) is 1. The van der Waals surface area contributed by atoms with Crippen molar-refractivity contribution in [1.82, 2.24) is 0 Å². The number of carbonyl (C=O) groups excluding carboxylic acids is 1. The second-order valence-electron chi connectivity index (χ2n) is 4.91. The molecule has 88 valence electrons. The molecule has 1 unspecified atom stereocenters. The number of hydrogen-bond acceptors (Lipinski definition) is 3. The molecule has 0 bridgehead atoms. The Kier molecular flexibility index (Phi) is 4.14. The molecular formula is C12H22O3. The summed E-state index contributed by atoms with van der Waals surface area (Å²) in [6.45, 7) is 3.93. The van der Waals surface area contributed by atoms with E-state index in [-0.39, 0.29) is 17.8 Å². The summed E-state index contributed by atoms with van der Waals surface area (Å²) in [5.41, 5.74) is -0.834. The molecule has 1 rings (SSSR count). The van der Waals surface area contributed by atoms with Crippen LogP contribution < -0.4 is 0 Å². The van der Waals surface area contributed by atoms with Crippen molar-refractivity contribution in [2.75, 3.05) is 7.11 Å². The lowest BCUT2D eigenvalue weighted by atomic mass is 9.71. The summed E-state index contributed by atoms with van der Waals surface area (Å²) in [5.74, 6) is -0.516. The molecular weight excluding hydrogens is 192 g/mol. The van der Waals surface area contributed by atoms with E-state index in [2.05, 4.69) is 0 Å². The van der Waals surface area contributed by atoms with Crippen molar-refractivity contribution in [3.8, 4) is 0 Å². The minimum Gasteiger partial charge on any atom is -0.469 e. The molecule has 3 nitrogen and oxygen atoms in total. The zero-order chi connectivity index (χ0) is 11.5. The number of esters is 1. The highest BCUT2D eigenvalue weighted by Crippen LogP contribution is 2.38. The Morgan fingerprint density at radius 1 is 1.27 bits per heavy atom. The van der Waals surface area contributed by atoms with Crippen LogP contribution in [0.25, 0.3) is 0 Å². The number of aliphatic hydroxyl groups is 1. The third-order valence-electron chi connectivity index (χ3n) is 3.42. The van der Waals surface area contributed by atoms with Gasteiger partial charge in [-0.25, -0.2) is 0 Å². The van der Waals surface area contributed by atoms with Gasteiger partial charge in [-0.05, 0) is 18.8 Å². The molecule has 0 aromatic heterocycles. The Bertz CT molecular complexity index is 217. The van der Waals surface area contributed by atoms with Gasteiger partial charge in [-0.15, -0.1) is 0 Å². The zero-order valence-electron chi connectivity index (χ0n) is 9.95. The zero-order valence-corrected chi connectivity index (χ0v) is 9.95. The van der Waals surface area contributed by atoms with Gasteiger partial charge in [0.05, 0.1) is 18.6 Å². The highest BCUT2D eigenvalue weighted by atomic mass is 16.5. The van der Waals surface area contributed by atoms with Gasteiger partial charge in [0.2, 0.25) is 0 Å². The third kappa shape index (κ3) is 2.71. The van der Waals surface area contributed by atoms with Crippen molar-refractivity contribution in [2.24, 2.45) is 11.8 Å². The molecule has 1 N–H and O–H groups in total. The summed E-state index contributed by atoms with van der Waals surface area (Å²) in [6.07, 6.45) is 4.64. The Labute approximate surface area is 91.8 Å². The Balaban J connectivity index is 2.81. The first kappa shape index (κ1) is 12.5. The number of rotatable bonds is 3. The van der Waals surface area contributed by atoms with Crippen LogP contribution in [0.4, 0.5) is 0 Å². The quantitative estimate of drug-likeness (QED) is 0.732. The maximum Gasteiger partial charge on any atom is 0.311 e. The van der Waals surface area contributed by atoms with Crippen molar-refractivity contribution in [1.29, 1.82) is 0 Å². The van der Waals surface area contributed by atoms with Crippen LogP contribution in [0.2, 0.25) is 0 Å². The van der Waals surface area contributed by atoms with Crippen LogP contribution in [-0.2, 0) is 9.53 Å². The van der Waals surface area contributed by atoms with Gasteiger partial charge in [0, 0.05) is 0 Å². The Morgan fingerprint density at radius 2 is 1.80 bits per heavy atom. The van der Waals surface area contributed by atoms with E-state index < -0.39 is 5.60 Å². The molecule has 1 fully saturated rings. The highest BCUT2D eigenvalue weighted by Gasteiger charge is 2.44. The lowest BCUT2D eigenvalue weighted by Gasteiger charge is -2.39. The molecule has 3 heteroatoms. The van der Waals surface area contributed by atoms with Gasteiger partial charge in [0.1, 0.15) is 0 Å². The molecule has 0 aliphatic heterocycles. The first-order valence-corrected chi connectivity index (χ1v) is 5.81. The van der Waals surface area contributed by atoms with Crippen LogP contribution >= 0.6 is 0 Å². The van der Waals surface area contributed by atoms with Crippen molar-refractivity contribution in [3.05, 3.63) is 0 Å². The summed E-state index contributed by atoms with van der Waals surface area (Å²) in [4.78, 5) is 11.7. The average Bonchev–Trinajstić information content (AvgIpc) is 2.17. The summed E-state index contributed by atoms with van der Waals surface area (Å²) in [6, 6.07) is 0. The van der Waals surface area contributed by atoms with Crippen LogP contribution in [-0.4, -0.2) is 23.8 Å². The van der Waals surface area contributed by atoms with Crippen LogP contribution in [0.3, 0.4) is 0 Å². The first-order chi connectivity index (χ1) is 7.01. The fourth-order valence-electron chi connectivity index (χ4n) is 2.71. The Morgan fingerprint density at radius 3 is 2.20 bits per heavy atom. The molecule has 0 saturated heterocycles. The fourth-order valence-corrected chi connectivity index (χ4v) is 2.71. The van der Waals surface area contributed by atoms with Crippen molar-refractivity contribution in [2.45, 2.75) is 51.6 Å². The van der Waals surface area contributed by atoms with Crippen LogP contribution in [0.1, 0.15) is 46.0 Å². The SMILES string of the molecule is COC(=O)C(C(C)C)C1(O)CCCCC1. The van der Waals surface area contributed by atoms with Crippen LogP contribution in [0.15, 0.2) is 0 Å². The largest absolute Gasteiger partial charge is 0.469 e. The minimum atomic E-state index is -0.834. The second-order valence-corrected chi connectivity index (χ2v) is 4.91. The predicted octanol–water partition coefficient (Wildman–Crippen LogP) is 2.13. The predicted molar refractivity (Wildman–Crippen MR) is 58.4 cm³/mol. The van der Waals surface area contributed by atoms with Gasteiger partial charge in [-0.3, -0.25) is 4.79 Å². The lowest BCUT2D eigenvalue weighted by Crippen LogP contribution is -2.47. The number of methoxy groups -OCH3 is 1. The first-order valence-electron chi connectivity index (χ1n) is 5.81. The van der Waals surface area contributed by atoms with E-state index >= 15 is 0 Å². The van der Waals surface area contributed by atoms with Gasteiger partial charge >= 0.3 is 5.97 Å². The minimum absolute atomic E-state index is 0.126. The molecule has 1 aliphatic carbocycles. The maximum atomic E-state index is 11.7. The van der Waals surface area contributed by atoms with Gasteiger partial charge in [-0.1, -0.05) is 33.1 Å². The Hall–Kier alpha value is -0.570. The molecule has 15 heavy (non-hydrogen) atoms. The molecule has 0 heterocycles. The van der Waals surface area contributed by atoms with E-state index in [1.165, 1.54) is 7.11 Å². The summed E-state index contributed by atoms with van der Waals surface area (Å²) < 4.78 is 4.79. The van der Waals surface area contributed by atoms with E-state index in [0.29, 0.717) is 0 Å². The molecule has 0 spiro atoms. The molecule has 1 saturated carbocycles. The lowest BCUT2D eigenvalue weighted by molar-refractivity contribution is -0.162. The normalized spacial score (nSPS) is 22.5. The van der Waals surface area contributed by atoms with Gasteiger partial charge in [-0.2, -0.15) is 0 Å². The molecule has 1 atom stereocenters. The maximum absolute atomic E-state index is 11.7. The molecule has 0 aromatic carbocycles. The van der Waals surface area contributed by atoms with E-state index in [1.54, 1.807) is 0 Å². The number of carbonyl (C=O) groups is 1. The molecule has 0 amide bonds. The van der Waals surface area contributed by atoms with E-state index in [1.807, 2.05) is 13.8 Å². The third-order valence-corrected chi connectivity index (χ3v) is 3.42. The standard InChI is InChI=1S/C12H22O3/c1-9(2)10(11(13)15-3)12(14)7-5-4-6-8-12/h9-10,14H,4-8H2,1-3H3. The van der Waals surface area contributed by atoms with Crippen LogP contribution in [0, 0.1) is 11.8 Å². The molecule has 0 radical (unpaired) electrons. The van der Waals surface area contributed by atoms with E-state index in [0.717, 1.165) is 32.1 Å². The monoisotopic (exact) mass is 214 g/mol. The number of hydrogen-bond donors (Lipinski definition) is 1. The van der Waals surface area contributed by atoms with Crippen molar-refractivity contribution in [3.63, 3.8) is 0 Å². The topological polar surface area (TPSA) is 46.5 Å². The van der Waals surface area contributed by atoms with Crippen molar-refractivity contribution >= 4 is 5.97 Å². The van der Waals surface area contributed by atoms with Gasteiger partial charge in [0.25, 0.3) is 0 Å². The summed E-state index contributed by atoms with van der Waals surface area (Å²) in [7, 11) is 1.39.